The second-order valence-electron chi connectivity index (χ2n) is 2.41. The van der Waals surface area contributed by atoms with E-state index >= 15 is 0 Å². The number of hydrogen-bond donors (Lipinski definition) is 3. The average Bonchev–Trinajstić information content (AvgIpc) is 2.50. The lowest BCUT2D eigenvalue weighted by molar-refractivity contribution is -0.0407. The van der Waals surface area contributed by atoms with Crippen molar-refractivity contribution < 1.29 is 20.2 Å². The molecule has 0 aromatic heterocycles. The van der Waals surface area contributed by atoms with E-state index in [4.69, 9.17) is 20.2 Å². The zero-order valence-electron chi connectivity index (χ0n) is 5.97. The van der Waals surface area contributed by atoms with Gasteiger partial charge in [-0.25, -0.2) is 0 Å². The Hall–Kier alpha value is -0.650. The molecule has 0 aromatic rings. The molecule has 64 valence electrons. The zero-order valence-corrected chi connectivity index (χ0v) is 5.97. The Morgan fingerprint density at radius 3 is 2.82 bits per heavy atom. The molecule has 1 heterocycles. The minimum absolute atomic E-state index is 0.158. The van der Waals surface area contributed by atoms with Crippen molar-refractivity contribution >= 4 is 5.71 Å². The number of oxime groups is 1. The Balaban J connectivity index is 2.34. The standard InChI is InChI=1S/C6H11NO4/c8-2-4-1-6(11-7-4)5(10)3-9/h5-6,8-10H,1-3H2/t5-,6+/m1/s1. The SMILES string of the molecule is OCC1=NO[C@H]([C@H](O)CO)C1. The highest BCUT2D eigenvalue weighted by atomic mass is 16.7. The van der Waals surface area contributed by atoms with Crippen LogP contribution in [0.1, 0.15) is 6.42 Å². The van der Waals surface area contributed by atoms with Crippen molar-refractivity contribution in [1.29, 1.82) is 0 Å². The molecule has 0 spiro atoms. The topological polar surface area (TPSA) is 82.3 Å². The van der Waals surface area contributed by atoms with Gasteiger partial charge in [0.15, 0.2) is 6.10 Å². The lowest BCUT2D eigenvalue weighted by atomic mass is 10.1. The van der Waals surface area contributed by atoms with E-state index in [0.717, 1.165) is 0 Å². The lowest BCUT2D eigenvalue weighted by Crippen LogP contribution is -2.29. The fourth-order valence-electron chi connectivity index (χ4n) is 0.866. The van der Waals surface area contributed by atoms with Gasteiger partial charge in [0, 0.05) is 6.42 Å². The normalized spacial score (nSPS) is 26.1. The highest BCUT2D eigenvalue weighted by molar-refractivity contribution is 5.86. The highest BCUT2D eigenvalue weighted by Gasteiger charge is 2.26. The van der Waals surface area contributed by atoms with Gasteiger partial charge in [-0.15, -0.1) is 0 Å². The van der Waals surface area contributed by atoms with Gasteiger partial charge < -0.3 is 20.2 Å². The van der Waals surface area contributed by atoms with Crippen LogP contribution in [0.2, 0.25) is 0 Å². The van der Waals surface area contributed by atoms with Crippen molar-refractivity contribution in [3.8, 4) is 0 Å². The van der Waals surface area contributed by atoms with Gasteiger partial charge in [-0.1, -0.05) is 5.16 Å². The van der Waals surface area contributed by atoms with E-state index in [1.807, 2.05) is 0 Å². The third-order valence-corrected chi connectivity index (χ3v) is 1.55. The number of aliphatic hydroxyl groups is 3. The number of hydrogen-bond acceptors (Lipinski definition) is 5. The molecule has 0 aromatic carbocycles. The molecule has 11 heavy (non-hydrogen) atoms. The maximum atomic E-state index is 9.04. The van der Waals surface area contributed by atoms with Crippen LogP contribution in [-0.2, 0) is 4.84 Å². The molecule has 0 radical (unpaired) electrons. The van der Waals surface area contributed by atoms with Crippen LogP contribution in [0, 0.1) is 0 Å². The van der Waals surface area contributed by atoms with Crippen molar-refractivity contribution in [2.75, 3.05) is 13.2 Å². The smallest absolute Gasteiger partial charge is 0.160 e. The van der Waals surface area contributed by atoms with Gasteiger partial charge in [0.05, 0.1) is 18.9 Å². The Bertz CT molecular complexity index is 159. The van der Waals surface area contributed by atoms with E-state index in [-0.39, 0.29) is 13.2 Å². The van der Waals surface area contributed by atoms with E-state index < -0.39 is 12.2 Å². The molecule has 2 atom stereocenters. The molecule has 1 rings (SSSR count). The predicted molar refractivity (Wildman–Crippen MR) is 37.1 cm³/mol. The van der Waals surface area contributed by atoms with E-state index in [1.165, 1.54) is 0 Å². The molecule has 0 aliphatic carbocycles. The highest BCUT2D eigenvalue weighted by Crippen LogP contribution is 2.13. The number of rotatable bonds is 3. The van der Waals surface area contributed by atoms with Gasteiger partial charge in [0.1, 0.15) is 6.10 Å². The summed E-state index contributed by atoms with van der Waals surface area (Å²) in [4.78, 5) is 4.73. The van der Waals surface area contributed by atoms with Crippen LogP contribution in [-0.4, -0.2) is 46.5 Å². The molecule has 1 aliphatic heterocycles. The largest absolute Gasteiger partial charge is 0.394 e. The summed E-state index contributed by atoms with van der Waals surface area (Å²) in [5, 5.41) is 29.6. The zero-order chi connectivity index (χ0) is 8.27. The fourth-order valence-corrected chi connectivity index (χ4v) is 0.866. The molecule has 0 saturated heterocycles. The quantitative estimate of drug-likeness (QED) is 0.469. The fraction of sp³-hybridized carbons (Fsp3) is 0.833. The Morgan fingerprint density at radius 1 is 1.64 bits per heavy atom. The Morgan fingerprint density at radius 2 is 2.36 bits per heavy atom. The summed E-state index contributed by atoms with van der Waals surface area (Å²) in [6, 6.07) is 0. The molecule has 0 saturated carbocycles. The van der Waals surface area contributed by atoms with Crippen LogP contribution in [0.4, 0.5) is 0 Å². The molecule has 0 bridgehead atoms. The monoisotopic (exact) mass is 161 g/mol. The van der Waals surface area contributed by atoms with Gasteiger partial charge in [0.25, 0.3) is 0 Å². The molecule has 0 unspecified atom stereocenters. The first-order chi connectivity index (χ1) is 5.27. The van der Waals surface area contributed by atoms with E-state index in [1.54, 1.807) is 0 Å². The second-order valence-corrected chi connectivity index (χ2v) is 2.41. The van der Waals surface area contributed by atoms with Gasteiger partial charge in [0.2, 0.25) is 0 Å². The van der Waals surface area contributed by atoms with Crippen LogP contribution in [0.15, 0.2) is 5.16 Å². The minimum atomic E-state index is -0.914. The first-order valence-corrected chi connectivity index (χ1v) is 3.39. The maximum Gasteiger partial charge on any atom is 0.160 e. The minimum Gasteiger partial charge on any atom is -0.394 e. The van der Waals surface area contributed by atoms with E-state index in [0.29, 0.717) is 12.1 Å². The first kappa shape index (κ1) is 8.45. The molecule has 5 heteroatoms. The van der Waals surface area contributed by atoms with Crippen LogP contribution >= 0.6 is 0 Å². The molecule has 5 nitrogen and oxygen atoms in total. The van der Waals surface area contributed by atoms with Crippen LogP contribution in [0.3, 0.4) is 0 Å². The third kappa shape index (κ3) is 1.89. The van der Waals surface area contributed by atoms with E-state index in [9.17, 15) is 0 Å². The molecule has 3 N–H and O–H groups in total. The van der Waals surface area contributed by atoms with Crippen molar-refractivity contribution in [3.63, 3.8) is 0 Å². The molecular formula is C6H11NO4. The first-order valence-electron chi connectivity index (χ1n) is 3.39. The summed E-state index contributed by atoms with van der Waals surface area (Å²) in [7, 11) is 0. The molecular weight excluding hydrogens is 150 g/mol. The maximum absolute atomic E-state index is 9.04. The van der Waals surface area contributed by atoms with Crippen molar-refractivity contribution in [2.24, 2.45) is 5.16 Å². The summed E-state index contributed by atoms with van der Waals surface area (Å²) in [6.45, 7) is -0.506. The van der Waals surface area contributed by atoms with Crippen LogP contribution in [0.5, 0.6) is 0 Å². The Kier molecular flexibility index (Phi) is 2.81. The van der Waals surface area contributed by atoms with Crippen LogP contribution in [0.25, 0.3) is 0 Å². The van der Waals surface area contributed by atoms with Crippen molar-refractivity contribution in [3.05, 3.63) is 0 Å². The van der Waals surface area contributed by atoms with Crippen molar-refractivity contribution in [1.82, 2.24) is 0 Å². The average molecular weight is 161 g/mol. The van der Waals surface area contributed by atoms with Crippen molar-refractivity contribution in [2.45, 2.75) is 18.6 Å². The number of aliphatic hydroxyl groups excluding tert-OH is 3. The van der Waals surface area contributed by atoms with Gasteiger partial charge in [-0.05, 0) is 0 Å². The summed E-state index contributed by atoms with van der Waals surface area (Å²) in [5.41, 5.74) is 0.502. The van der Waals surface area contributed by atoms with Crippen LogP contribution < -0.4 is 0 Å². The van der Waals surface area contributed by atoms with E-state index in [2.05, 4.69) is 5.16 Å². The lowest BCUT2D eigenvalue weighted by Gasteiger charge is -2.12. The molecule has 0 fully saturated rings. The van der Waals surface area contributed by atoms with Gasteiger partial charge in [-0.2, -0.15) is 0 Å². The summed E-state index contributed by atoms with van der Waals surface area (Å²) in [6.07, 6.45) is -1.02. The molecule has 1 aliphatic rings. The predicted octanol–water partition coefficient (Wildman–Crippen LogP) is -1.52. The number of nitrogens with zero attached hydrogens (tertiary/aromatic N) is 1. The third-order valence-electron chi connectivity index (χ3n) is 1.55. The van der Waals surface area contributed by atoms with Gasteiger partial charge >= 0.3 is 0 Å². The summed E-state index contributed by atoms with van der Waals surface area (Å²) >= 11 is 0. The Labute approximate surface area is 63.9 Å². The second kappa shape index (κ2) is 3.66. The molecule has 0 amide bonds. The van der Waals surface area contributed by atoms with Gasteiger partial charge in [-0.3, -0.25) is 0 Å². The summed E-state index contributed by atoms with van der Waals surface area (Å²) in [5.74, 6) is 0. The summed E-state index contributed by atoms with van der Waals surface area (Å²) < 4.78 is 0.